The van der Waals surface area contributed by atoms with Gasteiger partial charge in [0.05, 0.1) is 29.4 Å². The predicted molar refractivity (Wildman–Crippen MR) is 139 cm³/mol. The van der Waals surface area contributed by atoms with E-state index in [2.05, 4.69) is 29.5 Å². The Morgan fingerprint density at radius 2 is 1.80 bits per heavy atom. The maximum atomic E-state index is 13.1. The monoisotopic (exact) mass is 490 g/mol. The van der Waals surface area contributed by atoms with Gasteiger partial charge >= 0.3 is 0 Å². The molecule has 0 fully saturated rings. The van der Waals surface area contributed by atoms with Crippen molar-refractivity contribution in [2.24, 2.45) is 0 Å². The second-order valence-corrected chi connectivity index (χ2v) is 9.39. The summed E-state index contributed by atoms with van der Waals surface area (Å²) in [5, 5.41) is 5.97. The number of aryl methyl sites for hydroxylation is 1. The van der Waals surface area contributed by atoms with E-state index in [0.717, 1.165) is 11.3 Å². The quantitative estimate of drug-likeness (QED) is 0.388. The summed E-state index contributed by atoms with van der Waals surface area (Å²) in [6, 6.07) is 14.7. The molecule has 0 saturated carbocycles. The summed E-state index contributed by atoms with van der Waals surface area (Å²) < 4.78 is 6.54. The number of benzene rings is 2. The van der Waals surface area contributed by atoms with Crippen molar-refractivity contribution in [3.63, 3.8) is 0 Å². The molecule has 2 heterocycles. The molecule has 0 saturated heterocycles. The van der Waals surface area contributed by atoms with Crippen molar-refractivity contribution in [3.8, 4) is 5.75 Å². The van der Waals surface area contributed by atoms with Crippen LogP contribution >= 0.6 is 11.3 Å². The highest BCUT2D eigenvalue weighted by Crippen LogP contribution is 2.29. The number of nitrogens with one attached hydrogen (secondary N) is 2. The summed E-state index contributed by atoms with van der Waals surface area (Å²) >= 11 is 1.13. The SMILES string of the molecule is COc1ccccc1NC(=O)c1sc2ncn(CC(=O)Nc3ccc(C(C)C)cc3)c(=O)c2c1C. The first-order valence-electron chi connectivity index (χ1n) is 11.1. The third-order valence-electron chi connectivity index (χ3n) is 5.65. The Bertz CT molecular complexity index is 1450. The zero-order chi connectivity index (χ0) is 25.1. The van der Waals surface area contributed by atoms with Crippen LogP contribution in [0.4, 0.5) is 11.4 Å². The topological polar surface area (TPSA) is 102 Å². The maximum absolute atomic E-state index is 13.1. The average molecular weight is 491 g/mol. The lowest BCUT2D eigenvalue weighted by molar-refractivity contribution is -0.116. The molecule has 0 radical (unpaired) electrons. The number of fused-ring (bicyclic) bond motifs is 1. The summed E-state index contributed by atoms with van der Waals surface area (Å²) in [5.41, 5.74) is 2.51. The Labute approximate surface area is 206 Å². The zero-order valence-electron chi connectivity index (χ0n) is 19.9. The molecule has 8 nitrogen and oxygen atoms in total. The van der Waals surface area contributed by atoms with Crippen LogP contribution < -0.4 is 20.9 Å². The Morgan fingerprint density at radius 3 is 2.49 bits per heavy atom. The van der Waals surface area contributed by atoms with Gasteiger partial charge in [-0.1, -0.05) is 38.1 Å². The van der Waals surface area contributed by atoms with Gasteiger partial charge in [-0.2, -0.15) is 0 Å². The predicted octanol–water partition coefficient (Wildman–Crippen LogP) is 4.79. The second kappa shape index (κ2) is 10.1. The average Bonchev–Trinajstić information content (AvgIpc) is 3.18. The van der Waals surface area contributed by atoms with E-state index in [-0.39, 0.29) is 23.9 Å². The molecule has 4 rings (SSSR count). The van der Waals surface area contributed by atoms with E-state index < -0.39 is 0 Å². The minimum absolute atomic E-state index is 0.189. The minimum atomic E-state index is -0.370. The summed E-state index contributed by atoms with van der Waals surface area (Å²) in [4.78, 5) is 43.8. The molecular weight excluding hydrogens is 464 g/mol. The van der Waals surface area contributed by atoms with Crippen molar-refractivity contribution in [1.29, 1.82) is 0 Å². The van der Waals surface area contributed by atoms with Gasteiger partial charge in [-0.15, -0.1) is 11.3 Å². The number of para-hydroxylation sites is 2. The lowest BCUT2D eigenvalue weighted by Gasteiger charge is -2.09. The highest BCUT2D eigenvalue weighted by molar-refractivity contribution is 7.20. The first-order valence-corrected chi connectivity index (χ1v) is 11.9. The highest BCUT2D eigenvalue weighted by atomic mass is 32.1. The smallest absolute Gasteiger partial charge is 0.266 e. The molecule has 35 heavy (non-hydrogen) atoms. The normalized spacial score (nSPS) is 11.0. The summed E-state index contributed by atoms with van der Waals surface area (Å²) in [5.74, 6) is 0.229. The summed E-state index contributed by atoms with van der Waals surface area (Å²) in [6.45, 7) is 5.72. The molecular formula is C26H26N4O4S. The van der Waals surface area contributed by atoms with Crippen molar-refractivity contribution >= 4 is 44.7 Å². The molecule has 0 aliphatic rings. The standard InChI is InChI=1S/C26H26N4O4S/c1-15(2)17-9-11-18(12-10-17)28-21(31)13-30-14-27-25-22(26(30)33)16(3)23(35-25)24(32)29-19-7-5-6-8-20(19)34-4/h5-12,14-15H,13H2,1-4H3,(H,28,31)(H,29,32). The number of carbonyl (C=O) groups excluding carboxylic acids is 2. The number of methoxy groups -OCH3 is 1. The van der Waals surface area contributed by atoms with Crippen molar-refractivity contribution in [2.45, 2.75) is 33.2 Å². The van der Waals surface area contributed by atoms with E-state index in [9.17, 15) is 14.4 Å². The molecule has 0 aliphatic carbocycles. The van der Waals surface area contributed by atoms with Crippen LogP contribution in [0.1, 0.15) is 40.6 Å². The number of thiophene rings is 1. The van der Waals surface area contributed by atoms with E-state index in [0.29, 0.717) is 43.7 Å². The first-order chi connectivity index (χ1) is 16.8. The van der Waals surface area contributed by atoms with E-state index in [1.165, 1.54) is 23.6 Å². The number of anilines is 2. The number of aromatic nitrogens is 2. The van der Waals surface area contributed by atoms with Crippen molar-refractivity contribution in [3.05, 3.63) is 81.2 Å². The van der Waals surface area contributed by atoms with Gasteiger partial charge in [0.15, 0.2) is 0 Å². The Morgan fingerprint density at radius 1 is 1.09 bits per heavy atom. The largest absolute Gasteiger partial charge is 0.495 e. The minimum Gasteiger partial charge on any atom is -0.495 e. The first kappa shape index (κ1) is 24.2. The van der Waals surface area contributed by atoms with Gasteiger partial charge in [-0.25, -0.2) is 4.98 Å². The van der Waals surface area contributed by atoms with Gasteiger partial charge in [0.1, 0.15) is 17.1 Å². The number of ether oxygens (including phenoxy) is 1. The molecule has 0 unspecified atom stereocenters. The Hall–Kier alpha value is -3.98. The van der Waals surface area contributed by atoms with Gasteiger partial charge in [0.25, 0.3) is 11.5 Å². The van der Waals surface area contributed by atoms with E-state index >= 15 is 0 Å². The molecule has 0 spiro atoms. The van der Waals surface area contributed by atoms with Crippen LogP contribution in [-0.2, 0) is 11.3 Å². The van der Waals surface area contributed by atoms with E-state index in [4.69, 9.17) is 4.74 Å². The van der Waals surface area contributed by atoms with Crippen LogP contribution in [0.2, 0.25) is 0 Å². The van der Waals surface area contributed by atoms with Crippen LogP contribution in [-0.4, -0.2) is 28.5 Å². The molecule has 2 N–H and O–H groups in total. The fraction of sp³-hybridized carbons (Fsp3) is 0.231. The molecule has 4 aromatic rings. The number of hydrogen-bond donors (Lipinski definition) is 2. The van der Waals surface area contributed by atoms with Gasteiger partial charge in [0, 0.05) is 5.69 Å². The third kappa shape index (κ3) is 5.09. The van der Waals surface area contributed by atoms with E-state index in [1.807, 2.05) is 30.3 Å². The lowest BCUT2D eigenvalue weighted by atomic mass is 10.0. The van der Waals surface area contributed by atoms with E-state index in [1.54, 1.807) is 25.1 Å². The molecule has 0 bridgehead atoms. The molecule has 180 valence electrons. The van der Waals surface area contributed by atoms with Crippen LogP contribution in [0.3, 0.4) is 0 Å². The zero-order valence-corrected chi connectivity index (χ0v) is 20.7. The van der Waals surface area contributed by atoms with Gasteiger partial charge in [-0.05, 0) is 48.2 Å². The summed E-state index contributed by atoms with van der Waals surface area (Å²) in [7, 11) is 1.53. The molecule has 9 heteroatoms. The number of hydrogen-bond acceptors (Lipinski definition) is 6. The van der Waals surface area contributed by atoms with Crippen LogP contribution in [0.25, 0.3) is 10.2 Å². The number of carbonyl (C=O) groups is 2. The molecule has 2 aromatic heterocycles. The molecule has 2 aromatic carbocycles. The highest BCUT2D eigenvalue weighted by Gasteiger charge is 2.21. The number of rotatable bonds is 7. The lowest BCUT2D eigenvalue weighted by Crippen LogP contribution is -2.28. The van der Waals surface area contributed by atoms with Crippen molar-refractivity contribution in [1.82, 2.24) is 9.55 Å². The Balaban J connectivity index is 1.55. The van der Waals surface area contributed by atoms with Gasteiger partial charge < -0.3 is 15.4 Å². The third-order valence-corrected chi connectivity index (χ3v) is 6.85. The number of nitrogens with zero attached hydrogens (tertiary/aromatic N) is 2. The molecule has 2 amide bonds. The van der Waals surface area contributed by atoms with Gasteiger partial charge in [0.2, 0.25) is 5.91 Å². The Kier molecular flexibility index (Phi) is 6.97. The van der Waals surface area contributed by atoms with Crippen molar-refractivity contribution in [2.75, 3.05) is 17.7 Å². The maximum Gasteiger partial charge on any atom is 0.266 e. The van der Waals surface area contributed by atoms with Crippen LogP contribution in [0.15, 0.2) is 59.7 Å². The molecule has 0 atom stereocenters. The van der Waals surface area contributed by atoms with Crippen LogP contribution in [0, 0.1) is 6.92 Å². The van der Waals surface area contributed by atoms with Gasteiger partial charge in [-0.3, -0.25) is 19.0 Å². The fourth-order valence-electron chi connectivity index (χ4n) is 3.72. The second-order valence-electron chi connectivity index (χ2n) is 8.39. The molecule has 0 aliphatic heterocycles. The fourth-order valence-corrected chi connectivity index (χ4v) is 4.76. The number of amides is 2. The summed E-state index contributed by atoms with van der Waals surface area (Å²) in [6.07, 6.45) is 1.34. The van der Waals surface area contributed by atoms with Crippen molar-refractivity contribution < 1.29 is 14.3 Å². The van der Waals surface area contributed by atoms with Crippen LogP contribution in [0.5, 0.6) is 5.75 Å².